The topological polar surface area (TPSA) is 43.2 Å². The van der Waals surface area contributed by atoms with Gasteiger partial charge in [-0.05, 0) is 29.3 Å². The van der Waals surface area contributed by atoms with Crippen LogP contribution in [-0.2, 0) is 14.3 Å². The Morgan fingerprint density at radius 3 is 2.61 bits per heavy atom. The lowest BCUT2D eigenvalue weighted by Gasteiger charge is -2.29. The fraction of sp³-hybridized carbons (Fsp3) is 0.409. The summed E-state index contributed by atoms with van der Waals surface area (Å²) in [7, 11) is 0. The van der Waals surface area contributed by atoms with Crippen molar-refractivity contribution < 1.29 is 14.3 Å². The van der Waals surface area contributed by atoms with E-state index in [1.54, 1.807) is 0 Å². The van der Waals surface area contributed by atoms with Crippen LogP contribution in [0.5, 0.6) is 0 Å². The van der Waals surface area contributed by atoms with Gasteiger partial charge in [-0.3, -0.25) is 4.79 Å². The lowest BCUT2D eigenvalue weighted by molar-refractivity contribution is -0.147. The molecule has 6 heteroatoms. The summed E-state index contributed by atoms with van der Waals surface area (Å²) in [5, 5.41) is 2.24. The molecule has 0 saturated carbocycles. The zero-order valence-electron chi connectivity index (χ0n) is 16.2. The number of carbonyl (C=O) groups is 1. The first-order chi connectivity index (χ1) is 13.2. The van der Waals surface area contributed by atoms with Gasteiger partial charge in [-0.2, -0.15) is 0 Å². The van der Waals surface area contributed by atoms with Gasteiger partial charge in [0.1, 0.15) is 17.5 Å². The van der Waals surface area contributed by atoms with Gasteiger partial charge in [0.05, 0.1) is 17.2 Å². The van der Waals surface area contributed by atoms with E-state index in [4.69, 9.17) is 28.3 Å². The lowest BCUT2D eigenvalue weighted by atomic mass is 9.92. The number of thiocarbonyl (C=S) groups is 1. The van der Waals surface area contributed by atoms with Crippen molar-refractivity contribution in [2.75, 3.05) is 13.2 Å². The van der Waals surface area contributed by atoms with Gasteiger partial charge in [-0.15, -0.1) is 0 Å². The molecule has 0 spiro atoms. The number of benzene rings is 2. The van der Waals surface area contributed by atoms with E-state index in [0.29, 0.717) is 17.2 Å². The predicted molar refractivity (Wildman–Crippen MR) is 118 cm³/mol. The molecule has 1 heterocycles. The maximum Gasteiger partial charge on any atom is 0.322 e. The first-order valence-electron chi connectivity index (χ1n) is 9.12. The van der Waals surface area contributed by atoms with Crippen molar-refractivity contribution in [3.63, 3.8) is 0 Å². The number of ether oxygens (including phenoxy) is 2. The highest BCUT2D eigenvalue weighted by Gasteiger charge is 2.45. The Kier molecular flexibility index (Phi) is 6.09. The standard InChI is InChI=1S/C22H23NO3S2/c1-21(2,23-4)14-22(3,20(24)26-13-18-12-25-18)28-19(27)17-10-9-15-7-5-6-8-16(15)11-17/h5-11,18H,12-14H2,1-3H3. The van der Waals surface area contributed by atoms with Crippen LogP contribution in [0.15, 0.2) is 42.5 Å². The van der Waals surface area contributed by atoms with Crippen molar-refractivity contribution in [3.05, 3.63) is 59.4 Å². The van der Waals surface area contributed by atoms with Crippen LogP contribution in [0.25, 0.3) is 15.6 Å². The fourth-order valence-electron chi connectivity index (χ4n) is 3.08. The molecule has 0 N–H and O–H groups in total. The van der Waals surface area contributed by atoms with Crippen molar-refractivity contribution in [1.29, 1.82) is 0 Å². The number of fused-ring (bicyclic) bond motifs is 1. The molecule has 1 aliphatic heterocycles. The molecule has 0 aliphatic carbocycles. The molecule has 0 aromatic heterocycles. The highest BCUT2D eigenvalue weighted by atomic mass is 32.2. The minimum absolute atomic E-state index is 0.000452. The number of carbonyl (C=O) groups excluding carboxylic acids is 1. The number of nitrogens with zero attached hydrogens (tertiary/aromatic N) is 1. The van der Waals surface area contributed by atoms with Crippen molar-refractivity contribution in [3.8, 4) is 0 Å². The Balaban J connectivity index is 1.82. The summed E-state index contributed by atoms with van der Waals surface area (Å²) in [6.07, 6.45) is 0.339. The van der Waals surface area contributed by atoms with Crippen LogP contribution in [0.2, 0.25) is 0 Å². The van der Waals surface area contributed by atoms with Crippen molar-refractivity contribution >= 4 is 44.9 Å². The van der Waals surface area contributed by atoms with Gasteiger partial charge in [0.15, 0.2) is 0 Å². The first kappa shape index (κ1) is 20.8. The van der Waals surface area contributed by atoms with Gasteiger partial charge in [0.25, 0.3) is 0 Å². The van der Waals surface area contributed by atoms with Gasteiger partial charge in [0, 0.05) is 13.8 Å². The Morgan fingerprint density at radius 1 is 1.29 bits per heavy atom. The van der Waals surface area contributed by atoms with Gasteiger partial charge >= 0.3 is 5.97 Å². The second-order valence-electron chi connectivity index (χ2n) is 7.84. The molecule has 2 unspecified atom stereocenters. The normalized spacial score (nSPS) is 18.1. The molecule has 3 rings (SSSR count). The molecule has 2 aromatic rings. The van der Waals surface area contributed by atoms with Crippen molar-refractivity contribution in [2.24, 2.45) is 0 Å². The molecule has 4 nitrogen and oxygen atoms in total. The van der Waals surface area contributed by atoms with E-state index in [9.17, 15) is 4.79 Å². The summed E-state index contributed by atoms with van der Waals surface area (Å²) in [4.78, 5) is 16.6. The Bertz CT molecular complexity index is 946. The highest BCUT2D eigenvalue weighted by molar-refractivity contribution is 8.25. The number of epoxide rings is 1. The summed E-state index contributed by atoms with van der Waals surface area (Å²) in [6, 6.07) is 14.1. The van der Waals surface area contributed by atoms with Crippen molar-refractivity contribution in [2.45, 2.75) is 43.6 Å². The van der Waals surface area contributed by atoms with E-state index in [0.717, 1.165) is 16.3 Å². The molecular formula is C22H23NO3S2. The molecule has 2 atom stereocenters. The molecule has 1 saturated heterocycles. The maximum absolute atomic E-state index is 12.9. The number of rotatable bonds is 7. The minimum atomic E-state index is -0.953. The smallest absolute Gasteiger partial charge is 0.322 e. The average molecular weight is 414 g/mol. The van der Waals surface area contributed by atoms with Crippen LogP contribution in [0.3, 0.4) is 0 Å². The minimum Gasteiger partial charge on any atom is -0.462 e. The number of esters is 1. The molecule has 0 radical (unpaired) electrons. The third kappa shape index (κ3) is 5.11. The molecule has 146 valence electrons. The van der Waals surface area contributed by atoms with Gasteiger partial charge in [-0.1, -0.05) is 60.4 Å². The van der Waals surface area contributed by atoms with Gasteiger partial charge < -0.3 is 14.3 Å². The van der Waals surface area contributed by atoms with Crippen LogP contribution in [0, 0.1) is 6.57 Å². The summed E-state index contributed by atoms with van der Waals surface area (Å²) >= 11 is 6.98. The van der Waals surface area contributed by atoms with Gasteiger partial charge in [0.2, 0.25) is 5.54 Å². The van der Waals surface area contributed by atoms with E-state index >= 15 is 0 Å². The quantitative estimate of drug-likeness (QED) is 0.275. The van der Waals surface area contributed by atoms with Crippen LogP contribution in [0.1, 0.15) is 32.8 Å². The average Bonchev–Trinajstić information content (AvgIpc) is 3.49. The largest absolute Gasteiger partial charge is 0.462 e. The Morgan fingerprint density at radius 2 is 1.96 bits per heavy atom. The fourth-order valence-corrected chi connectivity index (χ4v) is 4.98. The Hall–Kier alpha value is -1.94. The first-order valence-corrected chi connectivity index (χ1v) is 10.3. The molecule has 28 heavy (non-hydrogen) atoms. The summed E-state index contributed by atoms with van der Waals surface area (Å²) < 4.78 is 10.3. The number of hydrogen-bond donors (Lipinski definition) is 0. The monoisotopic (exact) mass is 413 g/mol. The van der Waals surface area contributed by atoms with E-state index in [1.165, 1.54) is 11.8 Å². The molecule has 0 bridgehead atoms. The lowest BCUT2D eigenvalue weighted by Crippen LogP contribution is -2.41. The number of thioether (sulfide) groups is 1. The summed E-state index contributed by atoms with van der Waals surface area (Å²) in [6.45, 7) is 13.8. The van der Waals surface area contributed by atoms with Gasteiger partial charge in [-0.25, -0.2) is 6.57 Å². The molecular weight excluding hydrogens is 390 g/mol. The van der Waals surface area contributed by atoms with Crippen molar-refractivity contribution in [1.82, 2.24) is 0 Å². The van der Waals surface area contributed by atoms with E-state index < -0.39 is 10.3 Å². The molecule has 1 fully saturated rings. The second-order valence-corrected chi connectivity index (χ2v) is 10.0. The molecule has 0 amide bonds. The van der Waals surface area contributed by atoms with Crippen LogP contribution in [-0.4, -0.2) is 39.8 Å². The molecule has 2 aromatic carbocycles. The van der Waals surface area contributed by atoms with E-state index in [1.807, 2.05) is 57.2 Å². The van der Waals surface area contributed by atoms with Crippen LogP contribution < -0.4 is 0 Å². The summed E-state index contributed by atoms with van der Waals surface area (Å²) in [5.41, 5.74) is 0.194. The van der Waals surface area contributed by atoms with E-state index in [-0.39, 0.29) is 18.7 Å². The zero-order valence-corrected chi connectivity index (χ0v) is 17.9. The third-order valence-electron chi connectivity index (χ3n) is 4.61. The second kappa shape index (κ2) is 8.20. The third-order valence-corrected chi connectivity index (χ3v) is 6.28. The Labute approximate surface area is 175 Å². The van der Waals surface area contributed by atoms with Crippen LogP contribution in [0.4, 0.5) is 0 Å². The van der Waals surface area contributed by atoms with Crippen LogP contribution >= 0.6 is 24.0 Å². The summed E-state index contributed by atoms with van der Waals surface area (Å²) in [5.74, 6) is -0.354. The predicted octanol–water partition coefficient (Wildman–Crippen LogP) is 5.04. The van der Waals surface area contributed by atoms with E-state index in [2.05, 4.69) is 10.9 Å². The highest BCUT2D eigenvalue weighted by Crippen LogP contribution is 2.39. The number of hydrogen-bond acceptors (Lipinski definition) is 5. The SMILES string of the molecule is [C-]#[N+]C(C)(C)CC(C)(SC(=S)c1ccc2ccccc2c1)C(=O)OCC1CO1. The maximum atomic E-state index is 12.9. The zero-order chi connectivity index (χ0) is 20.4. The molecule has 1 aliphatic rings.